The van der Waals surface area contributed by atoms with Crippen LogP contribution >= 0.6 is 11.8 Å². The second-order valence-corrected chi connectivity index (χ2v) is 7.90. The van der Waals surface area contributed by atoms with Crippen LogP contribution in [0, 0.1) is 5.92 Å². The van der Waals surface area contributed by atoms with Gasteiger partial charge in [-0.15, -0.1) is 0 Å². The van der Waals surface area contributed by atoms with E-state index in [4.69, 9.17) is 4.74 Å². The van der Waals surface area contributed by atoms with Crippen LogP contribution in [-0.4, -0.2) is 58.7 Å². The van der Waals surface area contributed by atoms with Gasteiger partial charge in [0.05, 0.1) is 24.7 Å². The van der Waals surface area contributed by atoms with Gasteiger partial charge < -0.3 is 15.4 Å². The molecule has 1 fully saturated rings. The molecular formula is C19H30N6O2S. The van der Waals surface area contributed by atoms with E-state index in [0.29, 0.717) is 37.8 Å². The molecule has 2 N–H and O–H groups in total. The lowest BCUT2D eigenvalue weighted by Gasteiger charge is -2.10. The highest BCUT2D eigenvalue weighted by molar-refractivity contribution is 7.98. The largest absolute Gasteiger partial charge is 0.383 e. The number of rotatable bonds is 11. The van der Waals surface area contributed by atoms with Gasteiger partial charge in [-0.3, -0.25) is 4.79 Å². The smallest absolute Gasteiger partial charge is 0.220 e. The molecule has 0 aliphatic heterocycles. The van der Waals surface area contributed by atoms with Gasteiger partial charge in [-0.2, -0.15) is 5.10 Å². The van der Waals surface area contributed by atoms with E-state index in [9.17, 15) is 4.79 Å². The summed E-state index contributed by atoms with van der Waals surface area (Å²) in [5.41, 5.74) is 0.777. The maximum atomic E-state index is 12.1. The number of anilines is 1. The average Bonchev–Trinajstić information content (AvgIpc) is 3.36. The van der Waals surface area contributed by atoms with Crippen molar-refractivity contribution >= 4 is 34.5 Å². The number of thioether (sulfide) groups is 1. The quantitative estimate of drug-likeness (QED) is 0.337. The van der Waals surface area contributed by atoms with E-state index >= 15 is 0 Å². The van der Waals surface area contributed by atoms with E-state index in [1.165, 1.54) is 37.4 Å². The fourth-order valence-electron chi connectivity index (χ4n) is 3.62. The van der Waals surface area contributed by atoms with Gasteiger partial charge in [-0.05, 0) is 18.6 Å². The first-order valence-corrected chi connectivity index (χ1v) is 11.2. The van der Waals surface area contributed by atoms with E-state index in [1.807, 2.05) is 10.9 Å². The third-order valence-corrected chi connectivity index (χ3v) is 5.70. The van der Waals surface area contributed by atoms with Crippen LogP contribution in [0.25, 0.3) is 11.0 Å². The van der Waals surface area contributed by atoms with Gasteiger partial charge in [0.25, 0.3) is 0 Å². The Bertz CT molecular complexity index is 775. The molecule has 154 valence electrons. The second kappa shape index (κ2) is 10.6. The minimum absolute atomic E-state index is 0.129. The fourth-order valence-corrected chi connectivity index (χ4v) is 3.98. The van der Waals surface area contributed by atoms with Crippen molar-refractivity contribution < 1.29 is 9.53 Å². The van der Waals surface area contributed by atoms with Crippen LogP contribution in [0.2, 0.25) is 0 Å². The van der Waals surface area contributed by atoms with Gasteiger partial charge in [0.1, 0.15) is 5.82 Å². The number of ether oxygens (including phenoxy) is 1. The molecule has 0 bridgehead atoms. The van der Waals surface area contributed by atoms with E-state index in [1.54, 1.807) is 13.3 Å². The van der Waals surface area contributed by atoms with Gasteiger partial charge in [0.2, 0.25) is 5.91 Å². The molecule has 3 rings (SSSR count). The van der Waals surface area contributed by atoms with Crippen LogP contribution in [-0.2, 0) is 16.1 Å². The van der Waals surface area contributed by atoms with Crippen molar-refractivity contribution in [1.82, 2.24) is 25.1 Å². The summed E-state index contributed by atoms with van der Waals surface area (Å²) in [4.78, 5) is 21.2. The van der Waals surface area contributed by atoms with Crippen molar-refractivity contribution in [1.29, 1.82) is 0 Å². The molecule has 8 nitrogen and oxygen atoms in total. The molecule has 1 amide bonds. The normalized spacial score (nSPS) is 14.6. The molecule has 9 heteroatoms. The van der Waals surface area contributed by atoms with Crippen LogP contribution in [0.1, 0.15) is 38.5 Å². The Balaban J connectivity index is 1.56. The molecule has 2 aromatic rings. The first-order chi connectivity index (χ1) is 13.7. The monoisotopic (exact) mass is 406 g/mol. The topological polar surface area (TPSA) is 94.0 Å². The van der Waals surface area contributed by atoms with Crippen LogP contribution in [0.3, 0.4) is 0 Å². The number of aromatic nitrogens is 4. The van der Waals surface area contributed by atoms with Crippen molar-refractivity contribution in [2.75, 3.05) is 38.4 Å². The summed E-state index contributed by atoms with van der Waals surface area (Å²) in [6.07, 6.45) is 10.6. The Morgan fingerprint density at radius 1 is 1.32 bits per heavy atom. The second-order valence-electron chi connectivity index (χ2n) is 7.12. The zero-order valence-corrected chi connectivity index (χ0v) is 17.6. The lowest BCUT2D eigenvalue weighted by Crippen LogP contribution is -2.27. The zero-order chi connectivity index (χ0) is 19.8. The highest BCUT2D eigenvalue weighted by atomic mass is 32.2. The molecule has 1 saturated carbocycles. The molecule has 0 aromatic carbocycles. The Morgan fingerprint density at radius 3 is 2.89 bits per heavy atom. The number of nitrogens with one attached hydrogen (secondary N) is 2. The Hall–Kier alpha value is -1.87. The summed E-state index contributed by atoms with van der Waals surface area (Å²) >= 11 is 1.49. The lowest BCUT2D eigenvalue weighted by molar-refractivity contribution is -0.121. The number of hydrogen-bond donors (Lipinski definition) is 2. The maximum absolute atomic E-state index is 12.1. The number of carbonyl (C=O) groups excluding carboxylic acids is 1. The van der Waals surface area contributed by atoms with Crippen LogP contribution in [0.5, 0.6) is 0 Å². The average molecular weight is 407 g/mol. The molecule has 1 aliphatic carbocycles. The van der Waals surface area contributed by atoms with E-state index in [2.05, 4.69) is 25.7 Å². The van der Waals surface area contributed by atoms with E-state index in [-0.39, 0.29) is 5.91 Å². The number of fused-ring (bicyclic) bond motifs is 1. The highest BCUT2D eigenvalue weighted by Crippen LogP contribution is 2.28. The van der Waals surface area contributed by atoms with Crippen molar-refractivity contribution in [3.8, 4) is 0 Å². The summed E-state index contributed by atoms with van der Waals surface area (Å²) < 4.78 is 6.92. The molecule has 0 unspecified atom stereocenters. The summed E-state index contributed by atoms with van der Waals surface area (Å²) in [7, 11) is 1.67. The van der Waals surface area contributed by atoms with Crippen molar-refractivity contribution in [3.05, 3.63) is 6.20 Å². The molecule has 0 saturated heterocycles. The van der Waals surface area contributed by atoms with Crippen LogP contribution < -0.4 is 10.6 Å². The fraction of sp³-hybridized carbons (Fsp3) is 0.684. The SMILES string of the molecule is COCCNc1nc(SC)nc2c1cnn2CCNC(=O)CCC1CCCC1. The third-order valence-electron chi connectivity index (χ3n) is 5.16. The maximum Gasteiger partial charge on any atom is 0.220 e. The van der Waals surface area contributed by atoms with Gasteiger partial charge in [-0.1, -0.05) is 37.4 Å². The predicted molar refractivity (Wildman–Crippen MR) is 112 cm³/mol. The van der Waals surface area contributed by atoms with Crippen molar-refractivity contribution in [3.63, 3.8) is 0 Å². The summed E-state index contributed by atoms with van der Waals surface area (Å²) in [6, 6.07) is 0. The van der Waals surface area contributed by atoms with E-state index in [0.717, 1.165) is 29.2 Å². The van der Waals surface area contributed by atoms with Crippen LogP contribution in [0.15, 0.2) is 11.4 Å². The van der Waals surface area contributed by atoms with Crippen LogP contribution in [0.4, 0.5) is 5.82 Å². The predicted octanol–water partition coefficient (Wildman–Crippen LogP) is 2.69. The number of hydrogen-bond acceptors (Lipinski definition) is 7. The van der Waals surface area contributed by atoms with Gasteiger partial charge in [-0.25, -0.2) is 14.6 Å². The van der Waals surface area contributed by atoms with Crippen molar-refractivity contribution in [2.24, 2.45) is 5.92 Å². The summed E-state index contributed by atoms with van der Waals surface area (Å²) in [5, 5.41) is 12.3. The lowest BCUT2D eigenvalue weighted by atomic mass is 10.0. The van der Waals surface area contributed by atoms with E-state index < -0.39 is 0 Å². The van der Waals surface area contributed by atoms with Gasteiger partial charge in [0, 0.05) is 26.6 Å². The Kier molecular flexibility index (Phi) is 7.90. The molecule has 28 heavy (non-hydrogen) atoms. The highest BCUT2D eigenvalue weighted by Gasteiger charge is 2.16. The number of carbonyl (C=O) groups is 1. The first-order valence-electron chi connectivity index (χ1n) is 9.98. The van der Waals surface area contributed by atoms with Gasteiger partial charge >= 0.3 is 0 Å². The van der Waals surface area contributed by atoms with Crippen molar-refractivity contribution in [2.45, 2.75) is 50.2 Å². The first kappa shape index (κ1) is 20.9. The molecule has 2 heterocycles. The molecular weight excluding hydrogens is 376 g/mol. The molecule has 0 atom stereocenters. The molecule has 1 aliphatic rings. The molecule has 0 radical (unpaired) electrons. The minimum Gasteiger partial charge on any atom is -0.383 e. The standard InChI is InChI=1S/C19H30N6O2S/c1-27-12-10-21-17-15-13-22-25(18(15)24-19(23-17)28-2)11-9-20-16(26)8-7-14-5-3-4-6-14/h13-14H,3-12H2,1-2H3,(H,20,26)(H,21,23,24). The summed E-state index contributed by atoms with van der Waals surface area (Å²) in [6.45, 7) is 2.39. The number of nitrogens with zero attached hydrogens (tertiary/aromatic N) is 4. The van der Waals surface area contributed by atoms with Gasteiger partial charge in [0.15, 0.2) is 10.8 Å². The molecule has 2 aromatic heterocycles. The minimum atomic E-state index is 0.129. The zero-order valence-electron chi connectivity index (χ0n) is 16.7. The Labute approximate surface area is 170 Å². The third kappa shape index (κ3) is 5.57. The number of amides is 1. The Morgan fingerprint density at radius 2 is 2.14 bits per heavy atom. The summed E-state index contributed by atoms with van der Waals surface area (Å²) in [5.74, 6) is 1.63. The number of methoxy groups -OCH3 is 1. The molecule has 0 spiro atoms.